The predicted molar refractivity (Wildman–Crippen MR) is 88.2 cm³/mol. The van der Waals surface area contributed by atoms with Crippen molar-refractivity contribution in [1.82, 2.24) is 4.98 Å². The van der Waals surface area contributed by atoms with Crippen LogP contribution in [0.1, 0.15) is 25.0 Å². The maximum atomic E-state index is 11.9. The molecule has 1 heterocycles. The highest BCUT2D eigenvalue weighted by molar-refractivity contribution is 7.89. The fourth-order valence-corrected chi connectivity index (χ4v) is 3.86. The first kappa shape index (κ1) is 14.8. The van der Waals surface area contributed by atoms with Crippen molar-refractivity contribution < 1.29 is 8.42 Å². The number of H-pyrrole nitrogens is 1. The van der Waals surface area contributed by atoms with Crippen LogP contribution in [0.5, 0.6) is 0 Å². The highest BCUT2D eigenvalue weighted by Crippen LogP contribution is 2.38. The lowest BCUT2D eigenvalue weighted by Gasteiger charge is -2.27. The fourth-order valence-electron chi connectivity index (χ4n) is 2.96. The predicted octanol–water partition coefficient (Wildman–Crippen LogP) is 3.14. The third-order valence-electron chi connectivity index (χ3n) is 4.13. The van der Waals surface area contributed by atoms with Crippen LogP contribution >= 0.6 is 0 Å². The fraction of sp³-hybridized carbons (Fsp3) is 0.176. The molecular weight excluding hydrogens is 296 g/mol. The van der Waals surface area contributed by atoms with Gasteiger partial charge in [0.1, 0.15) is 0 Å². The summed E-state index contributed by atoms with van der Waals surface area (Å²) >= 11 is 0. The van der Waals surface area contributed by atoms with E-state index in [1.807, 2.05) is 56.4 Å². The molecule has 1 aromatic heterocycles. The van der Waals surface area contributed by atoms with Crippen LogP contribution in [0, 0.1) is 0 Å². The molecule has 0 unspecified atom stereocenters. The van der Waals surface area contributed by atoms with Gasteiger partial charge in [-0.25, -0.2) is 13.6 Å². The lowest BCUT2D eigenvalue weighted by molar-refractivity contribution is 0.585. The number of fused-ring (bicyclic) bond motifs is 1. The van der Waals surface area contributed by atoms with Crippen LogP contribution in [0.15, 0.2) is 59.6 Å². The number of nitrogens with one attached hydrogen (secondary N) is 1. The van der Waals surface area contributed by atoms with Crippen molar-refractivity contribution in [3.8, 4) is 0 Å². The SMILES string of the molecule is CC(C)(c1ccccc1S(N)(=O)=O)c1c[nH]c2ccccc12. The second-order valence-electron chi connectivity index (χ2n) is 5.91. The Morgan fingerprint density at radius 2 is 1.59 bits per heavy atom. The van der Waals surface area contributed by atoms with Crippen LogP contribution in [0.25, 0.3) is 10.9 Å². The van der Waals surface area contributed by atoms with E-state index in [0.717, 1.165) is 16.5 Å². The van der Waals surface area contributed by atoms with Gasteiger partial charge in [0.2, 0.25) is 10.0 Å². The Kier molecular flexibility index (Phi) is 3.34. The number of para-hydroxylation sites is 1. The molecule has 22 heavy (non-hydrogen) atoms. The number of rotatable bonds is 3. The second-order valence-corrected chi connectivity index (χ2v) is 7.44. The van der Waals surface area contributed by atoms with E-state index in [9.17, 15) is 8.42 Å². The van der Waals surface area contributed by atoms with Crippen molar-refractivity contribution in [2.24, 2.45) is 5.14 Å². The number of aromatic amines is 1. The molecule has 0 saturated heterocycles. The van der Waals surface area contributed by atoms with E-state index in [2.05, 4.69) is 4.98 Å². The highest BCUT2D eigenvalue weighted by Gasteiger charge is 2.30. The van der Waals surface area contributed by atoms with E-state index in [1.165, 1.54) is 0 Å². The zero-order valence-corrected chi connectivity index (χ0v) is 13.3. The smallest absolute Gasteiger partial charge is 0.238 e. The molecule has 0 atom stereocenters. The van der Waals surface area contributed by atoms with Gasteiger partial charge in [-0.3, -0.25) is 0 Å². The van der Waals surface area contributed by atoms with Crippen molar-refractivity contribution in [3.05, 3.63) is 65.9 Å². The Labute approximate surface area is 130 Å². The van der Waals surface area contributed by atoms with Crippen LogP contribution in [-0.2, 0) is 15.4 Å². The van der Waals surface area contributed by atoms with Crippen molar-refractivity contribution in [2.45, 2.75) is 24.2 Å². The molecule has 0 saturated carbocycles. The summed E-state index contributed by atoms with van der Waals surface area (Å²) in [5.74, 6) is 0. The van der Waals surface area contributed by atoms with Gasteiger partial charge in [-0.05, 0) is 23.3 Å². The third kappa shape index (κ3) is 2.32. The minimum Gasteiger partial charge on any atom is -0.361 e. The lowest BCUT2D eigenvalue weighted by Crippen LogP contribution is -2.24. The largest absolute Gasteiger partial charge is 0.361 e. The topological polar surface area (TPSA) is 76.0 Å². The van der Waals surface area contributed by atoms with Gasteiger partial charge in [-0.1, -0.05) is 50.2 Å². The number of hydrogen-bond donors (Lipinski definition) is 2. The molecule has 3 N–H and O–H groups in total. The molecule has 5 heteroatoms. The molecule has 0 amide bonds. The molecule has 0 bridgehead atoms. The van der Waals surface area contributed by atoms with Gasteiger partial charge in [-0.2, -0.15) is 0 Å². The summed E-state index contributed by atoms with van der Waals surface area (Å²) in [6, 6.07) is 14.9. The highest BCUT2D eigenvalue weighted by atomic mass is 32.2. The third-order valence-corrected chi connectivity index (χ3v) is 5.10. The summed E-state index contributed by atoms with van der Waals surface area (Å²) in [7, 11) is -3.77. The van der Waals surface area contributed by atoms with E-state index in [1.54, 1.807) is 12.1 Å². The Morgan fingerprint density at radius 3 is 2.32 bits per heavy atom. The van der Waals surface area contributed by atoms with E-state index >= 15 is 0 Å². The van der Waals surface area contributed by atoms with E-state index in [4.69, 9.17) is 5.14 Å². The van der Waals surface area contributed by atoms with Crippen LogP contribution in [0.4, 0.5) is 0 Å². The molecule has 114 valence electrons. The van der Waals surface area contributed by atoms with Crippen molar-refractivity contribution in [2.75, 3.05) is 0 Å². The molecule has 0 aliphatic heterocycles. The molecule has 0 aliphatic carbocycles. The van der Waals surface area contributed by atoms with Crippen molar-refractivity contribution >= 4 is 20.9 Å². The normalized spacial score (nSPS) is 12.7. The summed E-state index contributed by atoms with van der Waals surface area (Å²) in [5.41, 5.74) is 2.27. The number of nitrogens with two attached hydrogens (primary N) is 1. The summed E-state index contributed by atoms with van der Waals surface area (Å²) in [5, 5.41) is 6.47. The quantitative estimate of drug-likeness (QED) is 0.779. The average Bonchev–Trinajstić information content (AvgIpc) is 2.91. The monoisotopic (exact) mass is 314 g/mol. The van der Waals surface area contributed by atoms with Crippen LogP contribution < -0.4 is 5.14 Å². The maximum Gasteiger partial charge on any atom is 0.238 e. The lowest BCUT2D eigenvalue weighted by atomic mass is 9.78. The van der Waals surface area contributed by atoms with Gasteiger partial charge in [-0.15, -0.1) is 0 Å². The van der Waals surface area contributed by atoms with Gasteiger partial charge in [0, 0.05) is 22.5 Å². The molecule has 0 aliphatic rings. The van der Waals surface area contributed by atoms with Crippen LogP contribution in [0.3, 0.4) is 0 Å². The summed E-state index contributed by atoms with van der Waals surface area (Å²) in [4.78, 5) is 3.41. The van der Waals surface area contributed by atoms with Gasteiger partial charge in [0.25, 0.3) is 0 Å². The van der Waals surface area contributed by atoms with Crippen molar-refractivity contribution in [1.29, 1.82) is 0 Å². The molecule has 0 spiro atoms. The van der Waals surface area contributed by atoms with Crippen LogP contribution in [-0.4, -0.2) is 13.4 Å². The Balaban J connectivity index is 2.27. The zero-order chi connectivity index (χ0) is 16.0. The van der Waals surface area contributed by atoms with Crippen molar-refractivity contribution in [3.63, 3.8) is 0 Å². The number of aromatic nitrogens is 1. The van der Waals surface area contributed by atoms with Crippen LogP contribution in [0.2, 0.25) is 0 Å². The molecule has 3 aromatic rings. The Morgan fingerprint density at radius 1 is 0.955 bits per heavy atom. The summed E-state index contributed by atoms with van der Waals surface area (Å²) in [6.45, 7) is 4.01. The van der Waals surface area contributed by atoms with Gasteiger partial charge < -0.3 is 4.98 Å². The first-order valence-electron chi connectivity index (χ1n) is 7.01. The Bertz CT molecular complexity index is 940. The molecule has 0 radical (unpaired) electrons. The average molecular weight is 314 g/mol. The first-order chi connectivity index (χ1) is 10.3. The van der Waals surface area contributed by atoms with Gasteiger partial charge >= 0.3 is 0 Å². The first-order valence-corrected chi connectivity index (χ1v) is 8.55. The number of hydrogen-bond acceptors (Lipinski definition) is 2. The Hall–Kier alpha value is -2.11. The minimum absolute atomic E-state index is 0.172. The zero-order valence-electron chi connectivity index (χ0n) is 12.5. The number of primary sulfonamides is 1. The van der Waals surface area contributed by atoms with E-state index in [0.29, 0.717) is 5.56 Å². The maximum absolute atomic E-state index is 11.9. The van der Waals surface area contributed by atoms with E-state index < -0.39 is 15.4 Å². The summed E-state index contributed by atoms with van der Waals surface area (Å²) < 4.78 is 23.8. The summed E-state index contributed by atoms with van der Waals surface area (Å²) in [6.07, 6.45) is 1.94. The molecular formula is C17H18N2O2S. The standard InChI is InChI=1S/C17H18N2O2S/c1-17(2,13-8-4-6-10-16(13)22(18,20)21)14-11-19-15-9-5-3-7-12(14)15/h3-11,19H,1-2H3,(H2,18,20,21). The second kappa shape index (κ2) is 4.97. The van der Waals surface area contributed by atoms with Gasteiger partial charge in [0.05, 0.1) is 4.90 Å². The number of benzene rings is 2. The molecule has 0 fully saturated rings. The molecule has 4 nitrogen and oxygen atoms in total. The van der Waals surface area contributed by atoms with Gasteiger partial charge in [0.15, 0.2) is 0 Å². The van der Waals surface area contributed by atoms with E-state index in [-0.39, 0.29) is 4.90 Å². The molecule has 2 aromatic carbocycles. The molecule has 3 rings (SSSR count). The minimum atomic E-state index is -3.77. The number of sulfonamides is 1.